The van der Waals surface area contributed by atoms with Gasteiger partial charge in [-0.25, -0.2) is 0 Å². The van der Waals surface area contributed by atoms with Crippen LogP contribution in [0.3, 0.4) is 0 Å². The van der Waals surface area contributed by atoms with Crippen LogP contribution in [0.1, 0.15) is 26.2 Å². The van der Waals surface area contributed by atoms with Crippen molar-refractivity contribution in [3.63, 3.8) is 0 Å². The molecule has 0 radical (unpaired) electrons. The molecule has 0 amide bonds. The van der Waals surface area contributed by atoms with E-state index in [1.807, 2.05) is 6.92 Å². The normalized spacial score (nSPS) is 30.8. The van der Waals surface area contributed by atoms with Crippen molar-refractivity contribution in [2.75, 3.05) is 19.8 Å². The molecule has 1 heterocycles. The van der Waals surface area contributed by atoms with Gasteiger partial charge in [-0.15, -0.1) is 0 Å². The van der Waals surface area contributed by atoms with E-state index in [1.54, 1.807) is 0 Å². The van der Waals surface area contributed by atoms with Crippen LogP contribution in [0.15, 0.2) is 0 Å². The van der Waals surface area contributed by atoms with E-state index in [0.717, 1.165) is 32.5 Å². The Morgan fingerprint density at radius 2 is 2.25 bits per heavy atom. The first kappa shape index (κ1) is 9.96. The lowest BCUT2D eigenvalue weighted by molar-refractivity contribution is 0.120. The van der Waals surface area contributed by atoms with Gasteiger partial charge >= 0.3 is 0 Å². The Hall–Kier alpha value is -0.120. The number of aliphatic hydroxyl groups excluding tert-OH is 1. The predicted octanol–water partition coefficient (Wildman–Crippen LogP) is 0.513. The Labute approximate surface area is 73.9 Å². The Morgan fingerprint density at radius 1 is 1.50 bits per heavy atom. The maximum atomic E-state index is 9.07. The van der Waals surface area contributed by atoms with E-state index in [0.29, 0.717) is 5.92 Å². The van der Waals surface area contributed by atoms with Crippen LogP contribution >= 0.6 is 0 Å². The van der Waals surface area contributed by atoms with Crippen LogP contribution < -0.4 is 5.73 Å². The van der Waals surface area contributed by atoms with E-state index >= 15 is 0 Å². The number of aliphatic hydroxyl groups is 1. The molecule has 1 fully saturated rings. The average molecular weight is 173 g/mol. The van der Waals surface area contributed by atoms with Gasteiger partial charge in [0.05, 0.1) is 6.61 Å². The number of rotatable bonds is 2. The number of nitrogens with two attached hydrogens (primary N) is 1. The number of ether oxygens (including phenoxy) is 1. The summed E-state index contributed by atoms with van der Waals surface area (Å²) >= 11 is 0. The van der Waals surface area contributed by atoms with E-state index in [4.69, 9.17) is 15.6 Å². The molecule has 0 saturated carbocycles. The quantitative estimate of drug-likeness (QED) is 0.640. The molecule has 3 N–H and O–H groups in total. The minimum Gasteiger partial charge on any atom is -0.394 e. The lowest BCUT2D eigenvalue weighted by atomic mass is 9.82. The van der Waals surface area contributed by atoms with Crippen molar-refractivity contribution >= 4 is 0 Å². The Balaban J connectivity index is 2.47. The Kier molecular flexibility index (Phi) is 3.50. The molecule has 12 heavy (non-hydrogen) atoms. The second-order valence-corrected chi connectivity index (χ2v) is 3.90. The van der Waals surface area contributed by atoms with Crippen molar-refractivity contribution in [2.24, 2.45) is 11.7 Å². The van der Waals surface area contributed by atoms with E-state index in [2.05, 4.69) is 0 Å². The summed E-state index contributed by atoms with van der Waals surface area (Å²) in [6, 6.07) is 0. The summed E-state index contributed by atoms with van der Waals surface area (Å²) in [5.41, 5.74) is 5.53. The molecule has 0 spiro atoms. The van der Waals surface area contributed by atoms with Crippen LogP contribution in [0.2, 0.25) is 0 Å². The summed E-state index contributed by atoms with van der Waals surface area (Å²) in [5, 5.41) is 9.07. The first-order chi connectivity index (χ1) is 5.67. The van der Waals surface area contributed by atoms with Crippen molar-refractivity contribution < 1.29 is 9.84 Å². The molecule has 0 bridgehead atoms. The highest BCUT2D eigenvalue weighted by Crippen LogP contribution is 2.25. The van der Waals surface area contributed by atoms with Gasteiger partial charge in [-0.2, -0.15) is 0 Å². The highest BCUT2D eigenvalue weighted by atomic mass is 16.5. The molecule has 0 aromatic carbocycles. The molecule has 1 aliphatic heterocycles. The van der Waals surface area contributed by atoms with E-state index < -0.39 is 5.54 Å². The molecule has 0 aliphatic carbocycles. The highest BCUT2D eigenvalue weighted by molar-refractivity contribution is 4.86. The fourth-order valence-electron chi connectivity index (χ4n) is 1.69. The molecule has 72 valence electrons. The highest BCUT2D eigenvalue weighted by Gasteiger charge is 2.29. The van der Waals surface area contributed by atoms with Gasteiger partial charge in [-0.3, -0.25) is 0 Å². The lowest BCUT2D eigenvalue weighted by Crippen LogP contribution is -2.47. The zero-order chi connectivity index (χ0) is 9.03. The molecule has 0 aromatic heterocycles. The third kappa shape index (κ3) is 2.44. The fourth-order valence-corrected chi connectivity index (χ4v) is 1.69. The second-order valence-electron chi connectivity index (χ2n) is 3.90. The number of hydrogen-bond donors (Lipinski definition) is 2. The zero-order valence-electron chi connectivity index (χ0n) is 7.75. The molecule has 3 heteroatoms. The van der Waals surface area contributed by atoms with Crippen molar-refractivity contribution in [1.29, 1.82) is 0 Å². The first-order valence-corrected chi connectivity index (χ1v) is 4.64. The topological polar surface area (TPSA) is 55.5 Å². The lowest BCUT2D eigenvalue weighted by Gasteiger charge is -2.31. The Bertz CT molecular complexity index is 128. The standard InChI is InChI=1S/C9H19NO2/c1-9(10,7-11)8-3-2-5-12-6-4-8/h8,11H,2-7,10H2,1H3. The van der Waals surface area contributed by atoms with Gasteiger partial charge < -0.3 is 15.6 Å². The third-order valence-corrected chi connectivity index (χ3v) is 2.73. The van der Waals surface area contributed by atoms with Crippen LogP contribution in [0, 0.1) is 5.92 Å². The molecule has 1 saturated heterocycles. The maximum absolute atomic E-state index is 9.07. The van der Waals surface area contributed by atoms with Gasteiger partial charge in [-0.05, 0) is 32.1 Å². The van der Waals surface area contributed by atoms with Crippen LogP contribution in [-0.2, 0) is 4.74 Å². The predicted molar refractivity (Wildman–Crippen MR) is 47.8 cm³/mol. The van der Waals surface area contributed by atoms with Gasteiger partial charge in [0, 0.05) is 18.8 Å². The van der Waals surface area contributed by atoms with E-state index in [-0.39, 0.29) is 6.61 Å². The zero-order valence-corrected chi connectivity index (χ0v) is 7.75. The largest absolute Gasteiger partial charge is 0.394 e. The van der Waals surface area contributed by atoms with Gasteiger partial charge in [0.15, 0.2) is 0 Å². The van der Waals surface area contributed by atoms with E-state index in [9.17, 15) is 0 Å². The van der Waals surface area contributed by atoms with Gasteiger partial charge in [-0.1, -0.05) is 0 Å². The average Bonchev–Trinajstić information content (AvgIpc) is 2.32. The molecule has 0 aromatic rings. The summed E-state index contributed by atoms with van der Waals surface area (Å²) in [5.74, 6) is 0.407. The molecule has 2 unspecified atom stereocenters. The minimum absolute atomic E-state index is 0.0671. The molecule has 1 aliphatic rings. The maximum Gasteiger partial charge on any atom is 0.0611 e. The van der Waals surface area contributed by atoms with Crippen LogP contribution in [0.5, 0.6) is 0 Å². The molecular formula is C9H19NO2. The SMILES string of the molecule is CC(N)(CO)C1CCCOCC1. The smallest absolute Gasteiger partial charge is 0.0611 e. The molecular weight excluding hydrogens is 154 g/mol. The van der Waals surface area contributed by atoms with E-state index in [1.165, 1.54) is 0 Å². The summed E-state index contributed by atoms with van der Waals surface area (Å²) < 4.78 is 5.33. The summed E-state index contributed by atoms with van der Waals surface area (Å²) in [7, 11) is 0. The van der Waals surface area contributed by atoms with Crippen molar-refractivity contribution in [1.82, 2.24) is 0 Å². The monoisotopic (exact) mass is 173 g/mol. The van der Waals surface area contributed by atoms with Crippen LogP contribution in [-0.4, -0.2) is 30.5 Å². The van der Waals surface area contributed by atoms with Crippen molar-refractivity contribution in [3.05, 3.63) is 0 Å². The summed E-state index contributed by atoms with van der Waals surface area (Å²) in [6.45, 7) is 3.62. The summed E-state index contributed by atoms with van der Waals surface area (Å²) in [4.78, 5) is 0. The summed E-state index contributed by atoms with van der Waals surface area (Å²) in [6.07, 6.45) is 3.12. The molecule has 2 atom stereocenters. The van der Waals surface area contributed by atoms with Crippen LogP contribution in [0.4, 0.5) is 0 Å². The van der Waals surface area contributed by atoms with Crippen LogP contribution in [0.25, 0.3) is 0 Å². The second kappa shape index (κ2) is 4.21. The minimum atomic E-state index is -0.423. The first-order valence-electron chi connectivity index (χ1n) is 4.64. The number of hydrogen-bond acceptors (Lipinski definition) is 3. The van der Waals surface area contributed by atoms with Crippen molar-refractivity contribution in [2.45, 2.75) is 31.7 Å². The Morgan fingerprint density at radius 3 is 2.92 bits per heavy atom. The molecule has 3 nitrogen and oxygen atoms in total. The third-order valence-electron chi connectivity index (χ3n) is 2.73. The van der Waals surface area contributed by atoms with Gasteiger partial charge in [0.1, 0.15) is 0 Å². The van der Waals surface area contributed by atoms with Gasteiger partial charge in [0.25, 0.3) is 0 Å². The van der Waals surface area contributed by atoms with Gasteiger partial charge in [0.2, 0.25) is 0 Å². The molecule has 1 rings (SSSR count). The fraction of sp³-hybridized carbons (Fsp3) is 1.00. The van der Waals surface area contributed by atoms with Crippen molar-refractivity contribution in [3.8, 4) is 0 Å².